The van der Waals surface area contributed by atoms with E-state index in [1.165, 1.54) is 0 Å². The molecule has 2 heterocycles. The van der Waals surface area contributed by atoms with E-state index in [4.69, 9.17) is 13.9 Å². The Balaban J connectivity index is 1.59. The molecular formula is C22H22N2O5. The van der Waals surface area contributed by atoms with Crippen LogP contribution >= 0.6 is 0 Å². The van der Waals surface area contributed by atoms with Crippen LogP contribution < -0.4 is 10.1 Å². The average molecular weight is 394 g/mol. The summed E-state index contributed by atoms with van der Waals surface area (Å²) in [5.41, 5.74) is 1.82. The van der Waals surface area contributed by atoms with Crippen molar-refractivity contribution in [2.24, 2.45) is 0 Å². The topological polar surface area (TPSA) is 81.0 Å². The number of rotatable bonds is 5. The van der Waals surface area contributed by atoms with Gasteiger partial charge >= 0.3 is 0 Å². The molecule has 0 atom stereocenters. The first-order chi connectivity index (χ1) is 14.2. The predicted molar refractivity (Wildman–Crippen MR) is 108 cm³/mol. The summed E-state index contributed by atoms with van der Waals surface area (Å²) in [5, 5.41) is 3.59. The molecule has 0 radical (unpaired) electrons. The molecule has 0 saturated carbocycles. The number of fused-ring (bicyclic) bond motifs is 1. The van der Waals surface area contributed by atoms with Crippen LogP contribution in [-0.2, 0) is 16.0 Å². The molecule has 150 valence electrons. The second kappa shape index (κ2) is 8.36. The molecule has 0 spiro atoms. The number of nitrogens with one attached hydrogen (secondary N) is 1. The monoisotopic (exact) mass is 394 g/mol. The van der Waals surface area contributed by atoms with E-state index in [0.29, 0.717) is 43.0 Å². The Morgan fingerprint density at radius 2 is 1.79 bits per heavy atom. The Bertz CT molecular complexity index is 1020. The lowest BCUT2D eigenvalue weighted by molar-refractivity contribution is -0.115. The number of nitrogens with zero attached hydrogens (tertiary/aromatic N) is 1. The summed E-state index contributed by atoms with van der Waals surface area (Å²) >= 11 is 0. The zero-order valence-corrected chi connectivity index (χ0v) is 16.1. The van der Waals surface area contributed by atoms with Crippen molar-refractivity contribution in [3.05, 3.63) is 59.9 Å². The summed E-state index contributed by atoms with van der Waals surface area (Å²) in [6.45, 7) is 1.97. The van der Waals surface area contributed by atoms with Crippen molar-refractivity contribution >= 4 is 28.5 Å². The van der Waals surface area contributed by atoms with Gasteiger partial charge in [0, 0.05) is 18.5 Å². The molecule has 7 nitrogen and oxygen atoms in total. The summed E-state index contributed by atoms with van der Waals surface area (Å²) in [7, 11) is 1.60. The first-order valence-corrected chi connectivity index (χ1v) is 9.47. The first-order valence-electron chi connectivity index (χ1n) is 9.47. The smallest absolute Gasteiger partial charge is 0.291 e. The molecule has 2 amide bonds. The lowest BCUT2D eigenvalue weighted by Gasteiger charge is -2.26. The molecule has 2 aromatic carbocycles. The van der Waals surface area contributed by atoms with Gasteiger partial charge in [-0.05, 0) is 29.8 Å². The van der Waals surface area contributed by atoms with Gasteiger partial charge in [-0.15, -0.1) is 0 Å². The van der Waals surface area contributed by atoms with Gasteiger partial charge in [-0.25, -0.2) is 0 Å². The van der Waals surface area contributed by atoms with Gasteiger partial charge in [0.1, 0.15) is 17.0 Å². The standard InChI is InChI=1S/C22H22N2O5/c1-27-16-8-6-15(7-9-16)14-19(25)23-20-17-4-2-3-5-18(17)29-21(20)22(26)24-10-12-28-13-11-24/h2-9H,10-14H2,1H3,(H,23,25). The number of ether oxygens (including phenoxy) is 2. The highest BCUT2D eigenvalue weighted by Gasteiger charge is 2.27. The van der Waals surface area contributed by atoms with Crippen LogP contribution in [0.25, 0.3) is 11.0 Å². The van der Waals surface area contributed by atoms with Crippen molar-refractivity contribution in [2.45, 2.75) is 6.42 Å². The zero-order valence-electron chi connectivity index (χ0n) is 16.1. The summed E-state index contributed by atoms with van der Waals surface area (Å²) < 4.78 is 16.3. The van der Waals surface area contributed by atoms with Crippen LogP contribution in [-0.4, -0.2) is 50.1 Å². The first kappa shape index (κ1) is 19.0. The van der Waals surface area contributed by atoms with Crippen molar-refractivity contribution in [2.75, 3.05) is 38.7 Å². The van der Waals surface area contributed by atoms with Gasteiger partial charge in [0.25, 0.3) is 5.91 Å². The molecule has 3 aromatic rings. The number of anilines is 1. The zero-order chi connectivity index (χ0) is 20.2. The van der Waals surface area contributed by atoms with Crippen molar-refractivity contribution < 1.29 is 23.5 Å². The van der Waals surface area contributed by atoms with Gasteiger partial charge in [0.2, 0.25) is 11.7 Å². The Kier molecular flexibility index (Phi) is 5.48. The molecular weight excluding hydrogens is 372 g/mol. The molecule has 1 aliphatic rings. The van der Waals surface area contributed by atoms with Crippen LogP contribution in [0.2, 0.25) is 0 Å². The van der Waals surface area contributed by atoms with E-state index in [9.17, 15) is 9.59 Å². The summed E-state index contributed by atoms with van der Waals surface area (Å²) in [6.07, 6.45) is 0.175. The van der Waals surface area contributed by atoms with E-state index in [1.807, 2.05) is 42.5 Å². The van der Waals surface area contributed by atoms with Gasteiger partial charge in [-0.1, -0.05) is 24.3 Å². The van der Waals surface area contributed by atoms with Crippen LogP contribution in [0.15, 0.2) is 52.9 Å². The number of para-hydroxylation sites is 1. The highest BCUT2D eigenvalue weighted by Crippen LogP contribution is 2.32. The normalized spacial score (nSPS) is 14.0. The summed E-state index contributed by atoms with van der Waals surface area (Å²) in [5.74, 6) is 0.409. The highest BCUT2D eigenvalue weighted by molar-refractivity contribution is 6.11. The number of hydrogen-bond acceptors (Lipinski definition) is 5. The second-order valence-corrected chi connectivity index (χ2v) is 6.78. The quantitative estimate of drug-likeness (QED) is 0.719. The SMILES string of the molecule is COc1ccc(CC(=O)Nc2c(C(=O)N3CCOCC3)oc3ccccc23)cc1. The van der Waals surface area contributed by atoms with E-state index < -0.39 is 0 Å². The molecule has 1 N–H and O–H groups in total. The van der Waals surface area contributed by atoms with Crippen molar-refractivity contribution in [3.63, 3.8) is 0 Å². The third-order valence-electron chi connectivity index (χ3n) is 4.88. The highest BCUT2D eigenvalue weighted by atomic mass is 16.5. The van der Waals surface area contributed by atoms with Crippen molar-refractivity contribution in [1.29, 1.82) is 0 Å². The number of furan rings is 1. The Labute approximate surface area is 168 Å². The van der Waals surface area contributed by atoms with E-state index in [-0.39, 0.29) is 24.0 Å². The van der Waals surface area contributed by atoms with E-state index in [1.54, 1.807) is 18.1 Å². The molecule has 1 aromatic heterocycles. The maximum atomic E-state index is 13.0. The number of methoxy groups -OCH3 is 1. The fourth-order valence-corrected chi connectivity index (χ4v) is 3.34. The van der Waals surface area contributed by atoms with E-state index in [2.05, 4.69) is 5.32 Å². The predicted octanol–water partition coefficient (Wildman–Crippen LogP) is 3.10. The molecule has 0 bridgehead atoms. The van der Waals surface area contributed by atoms with Crippen molar-refractivity contribution in [3.8, 4) is 5.75 Å². The van der Waals surface area contributed by atoms with Gasteiger partial charge in [-0.3, -0.25) is 9.59 Å². The van der Waals surface area contributed by atoms with E-state index >= 15 is 0 Å². The number of carbonyl (C=O) groups excluding carboxylic acids is 2. The van der Waals surface area contributed by atoms with Gasteiger partial charge in [0.15, 0.2) is 0 Å². The molecule has 1 fully saturated rings. The molecule has 0 unspecified atom stereocenters. The Morgan fingerprint density at radius 1 is 1.07 bits per heavy atom. The molecule has 0 aliphatic carbocycles. The molecule has 1 saturated heterocycles. The van der Waals surface area contributed by atoms with Crippen LogP contribution in [0.3, 0.4) is 0 Å². The average Bonchev–Trinajstić information content (AvgIpc) is 3.12. The van der Waals surface area contributed by atoms with Crippen LogP contribution in [0.4, 0.5) is 5.69 Å². The Morgan fingerprint density at radius 3 is 2.52 bits per heavy atom. The number of benzene rings is 2. The van der Waals surface area contributed by atoms with Crippen molar-refractivity contribution in [1.82, 2.24) is 4.90 Å². The van der Waals surface area contributed by atoms with Crippen LogP contribution in [0, 0.1) is 0 Å². The number of morpholine rings is 1. The number of hydrogen-bond donors (Lipinski definition) is 1. The van der Waals surface area contributed by atoms with Gasteiger partial charge in [-0.2, -0.15) is 0 Å². The second-order valence-electron chi connectivity index (χ2n) is 6.78. The fraction of sp³-hybridized carbons (Fsp3) is 0.273. The molecule has 7 heteroatoms. The lowest BCUT2D eigenvalue weighted by Crippen LogP contribution is -2.40. The maximum absolute atomic E-state index is 13.0. The molecule has 29 heavy (non-hydrogen) atoms. The minimum Gasteiger partial charge on any atom is -0.497 e. The fourth-order valence-electron chi connectivity index (χ4n) is 3.34. The minimum atomic E-state index is -0.246. The summed E-state index contributed by atoms with van der Waals surface area (Å²) in [4.78, 5) is 27.4. The summed E-state index contributed by atoms with van der Waals surface area (Å²) in [6, 6.07) is 14.6. The molecule has 1 aliphatic heterocycles. The van der Waals surface area contributed by atoms with Crippen LogP contribution in [0.1, 0.15) is 16.1 Å². The third-order valence-corrected chi connectivity index (χ3v) is 4.88. The van der Waals surface area contributed by atoms with Gasteiger partial charge < -0.3 is 24.1 Å². The number of carbonyl (C=O) groups is 2. The van der Waals surface area contributed by atoms with Crippen LogP contribution in [0.5, 0.6) is 5.75 Å². The third kappa shape index (κ3) is 4.09. The Hall–Kier alpha value is -3.32. The van der Waals surface area contributed by atoms with Gasteiger partial charge in [0.05, 0.1) is 26.7 Å². The number of amides is 2. The van der Waals surface area contributed by atoms with E-state index in [0.717, 1.165) is 11.3 Å². The minimum absolute atomic E-state index is 0.149. The molecule has 4 rings (SSSR count). The lowest BCUT2D eigenvalue weighted by atomic mass is 10.1. The largest absolute Gasteiger partial charge is 0.497 e. The maximum Gasteiger partial charge on any atom is 0.291 e.